The lowest BCUT2D eigenvalue weighted by molar-refractivity contribution is 0.170. The highest BCUT2D eigenvalue weighted by atomic mass is 16.6. The number of rotatable bonds is 7. The Morgan fingerprint density at radius 1 is 1.10 bits per heavy atom. The SMILES string of the molecule is CCc1cnc(N2CCC(Oc3ccccc3C=NOc3ncncc3C)CC2)nc1. The van der Waals surface area contributed by atoms with Crippen LogP contribution in [0.5, 0.6) is 11.6 Å². The summed E-state index contributed by atoms with van der Waals surface area (Å²) in [4.78, 5) is 24.6. The van der Waals surface area contributed by atoms with E-state index in [1.54, 1.807) is 12.4 Å². The van der Waals surface area contributed by atoms with Gasteiger partial charge in [-0.1, -0.05) is 24.2 Å². The van der Waals surface area contributed by atoms with Crippen molar-refractivity contribution in [1.29, 1.82) is 0 Å². The van der Waals surface area contributed by atoms with Crippen molar-refractivity contribution >= 4 is 12.2 Å². The van der Waals surface area contributed by atoms with Crippen LogP contribution in [0.3, 0.4) is 0 Å². The molecule has 4 rings (SSSR count). The van der Waals surface area contributed by atoms with Crippen molar-refractivity contribution in [2.45, 2.75) is 39.2 Å². The van der Waals surface area contributed by atoms with Crippen LogP contribution in [0.4, 0.5) is 5.95 Å². The Labute approximate surface area is 182 Å². The number of nitrogens with zero attached hydrogens (tertiary/aromatic N) is 6. The Morgan fingerprint density at radius 2 is 1.87 bits per heavy atom. The summed E-state index contributed by atoms with van der Waals surface area (Å²) in [6.07, 6.45) is 11.5. The third-order valence-corrected chi connectivity index (χ3v) is 5.22. The second-order valence-electron chi connectivity index (χ2n) is 7.42. The zero-order valence-corrected chi connectivity index (χ0v) is 17.8. The molecule has 0 aliphatic carbocycles. The van der Waals surface area contributed by atoms with Crippen molar-refractivity contribution < 1.29 is 9.57 Å². The topological polar surface area (TPSA) is 85.6 Å². The average molecular weight is 419 g/mol. The number of aromatic nitrogens is 4. The molecule has 8 nitrogen and oxygen atoms in total. The average Bonchev–Trinajstić information content (AvgIpc) is 2.82. The predicted octanol–water partition coefficient (Wildman–Crippen LogP) is 3.60. The van der Waals surface area contributed by atoms with Gasteiger partial charge in [0.2, 0.25) is 5.95 Å². The van der Waals surface area contributed by atoms with E-state index in [0.717, 1.165) is 60.7 Å². The highest BCUT2D eigenvalue weighted by Gasteiger charge is 2.22. The largest absolute Gasteiger partial charge is 0.490 e. The van der Waals surface area contributed by atoms with E-state index in [1.165, 1.54) is 6.33 Å². The summed E-state index contributed by atoms with van der Waals surface area (Å²) in [6.45, 7) is 5.70. The minimum atomic E-state index is 0.130. The minimum absolute atomic E-state index is 0.130. The van der Waals surface area contributed by atoms with Crippen molar-refractivity contribution in [2.24, 2.45) is 5.16 Å². The van der Waals surface area contributed by atoms with E-state index < -0.39 is 0 Å². The molecule has 0 atom stereocenters. The fourth-order valence-corrected chi connectivity index (χ4v) is 3.36. The smallest absolute Gasteiger partial charge is 0.254 e. The molecule has 1 aliphatic heterocycles. The summed E-state index contributed by atoms with van der Waals surface area (Å²) in [5.74, 6) is 2.02. The molecule has 0 saturated carbocycles. The van der Waals surface area contributed by atoms with Crippen molar-refractivity contribution in [3.05, 3.63) is 65.9 Å². The molecule has 1 saturated heterocycles. The molecule has 1 aromatic carbocycles. The molecule has 0 amide bonds. The van der Waals surface area contributed by atoms with Crippen molar-refractivity contribution in [3.8, 4) is 11.6 Å². The van der Waals surface area contributed by atoms with Crippen LogP contribution >= 0.6 is 0 Å². The third-order valence-electron chi connectivity index (χ3n) is 5.22. The van der Waals surface area contributed by atoms with Crippen LogP contribution in [0.25, 0.3) is 0 Å². The fraction of sp³-hybridized carbons (Fsp3) is 0.348. The molecule has 160 valence electrons. The van der Waals surface area contributed by atoms with Gasteiger partial charge in [0, 0.05) is 55.6 Å². The molecule has 0 N–H and O–H groups in total. The summed E-state index contributed by atoms with van der Waals surface area (Å²) < 4.78 is 6.29. The maximum atomic E-state index is 6.29. The van der Waals surface area contributed by atoms with Gasteiger partial charge in [-0.15, -0.1) is 0 Å². The second-order valence-corrected chi connectivity index (χ2v) is 7.42. The molecular weight excluding hydrogens is 392 g/mol. The summed E-state index contributed by atoms with van der Waals surface area (Å²) in [6, 6.07) is 7.81. The number of piperidine rings is 1. The fourth-order valence-electron chi connectivity index (χ4n) is 3.36. The van der Waals surface area contributed by atoms with Gasteiger partial charge in [-0.25, -0.2) is 15.0 Å². The molecule has 1 aliphatic rings. The van der Waals surface area contributed by atoms with Gasteiger partial charge in [0.15, 0.2) is 0 Å². The first kappa shape index (κ1) is 20.7. The number of hydrogen-bond donors (Lipinski definition) is 0. The van der Waals surface area contributed by atoms with E-state index in [9.17, 15) is 0 Å². The Balaban J connectivity index is 1.35. The summed E-state index contributed by atoms with van der Waals surface area (Å²) in [7, 11) is 0. The van der Waals surface area contributed by atoms with E-state index in [0.29, 0.717) is 5.88 Å². The van der Waals surface area contributed by atoms with Gasteiger partial charge in [-0.05, 0) is 31.0 Å². The number of ether oxygens (including phenoxy) is 1. The lowest BCUT2D eigenvalue weighted by Gasteiger charge is -2.32. The number of hydrogen-bond acceptors (Lipinski definition) is 8. The van der Waals surface area contributed by atoms with Gasteiger partial charge < -0.3 is 14.5 Å². The minimum Gasteiger partial charge on any atom is -0.490 e. The molecule has 2 aromatic heterocycles. The van der Waals surface area contributed by atoms with Crippen molar-refractivity contribution in [2.75, 3.05) is 18.0 Å². The van der Waals surface area contributed by atoms with Gasteiger partial charge in [0.05, 0.1) is 6.21 Å². The number of anilines is 1. The maximum Gasteiger partial charge on any atom is 0.254 e. The number of aryl methyl sites for hydroxylation is 2. The Bertz CT molecular complexity index is 1020. The maximum absolute atomic E-state index is 6.29. The normalized spacial score (nSPS) is 14.7. The predicted molar refractivity (Wildman–Crippen MR) is 119 cm³/mol. The Kier molecular flexibility index (Phi) is 6.66. The summed E-state index contributed by atoms with van der Waals surface area (Å²) >= 11 is 0. The quantitative estimate of drug-likeness (QED) is 0.428. The van der Waals surface area contributed by atoms with E-state index in [1.807, 2.05) is 43.6 Å². The zero-order chi connectivity index (χ0) is 21.5. The Hall–Kier alpha value is -3.55. The zero-order valence-electron chi connectivity index (χ0n) is 17.8. The van der Waals surface area contributed by atoms with Crippen LogP contribution in [-0.4, -0.2) is 45.3 Å². The number of oxime groups is 1. The van der Waals surface area contributed by atoms with Crippen LogP contribution in [0, 0.1) is 6.92 Å². The van der Waals surface area contributed by atoms with E-state index >= 15 is 0 Å². The first-order chi connectivity index (χ1) is 15.2. The van der Waals surface area contributed by atoms with Crippen LogP contribution in [-0.2, 0) is 6.42 Å². The molecule has 3 heterocycles. The molecular formula is C23H26N6O2. The molecule has 8 heteroatoms. The monoisotopic (exact) mass is 418 g/mol. The molecule has 0 spiro atoms. The van der Waals surface area contributed by atoms with Crippen LogP contribution in [0.1, 0.15) is 36.5 Å². The second kappa shape index (κ2) is 9.97. The number of para-hydroxylation sites is 1. The van der Waals surface area contributed by atoms with Crippen molar-refractivity contribution in [1.82, 2.24) is 19.9 Å². The molecule has 0 bridgehead atoms. The summed E-state index contributed by atoms with van der Waals surface area (Å²) in [5.41, 5.74) is 2.83. The molecule has 1 fully saturated rings. The molecule has 0 radical (unpaired) electrons. The van der Waals surface area contributed by atoms with Crippen LogP contribution < -0.4 is 14.5 Å². The summed E-state index contributed by atoms with van der Waals surface area (Å²) in [5, 5.41) is 4.07. The van der Waals surface area contributed by atoms with Gasteiger partial charge in [-0.3, -0.25) is 0 Å². The first-order valence-corrected chi connectivity index (χ1v) is 10.5. The Morgan fingerprint density at radius 3 is 2.61 bits per heavy atom. The van der Waals surface area contributed by atoms with Gasteiger partial charge in [0.1, 0.15) is 18.2 Å². The first-order valence-electron chi connectivity index (χ1n) is 10.5. The molecule has 0 unspecified atom stereocenters. The lowest BCUT2D eigenvalue weighted by atomic mass is 10.1. The third kappa shape index (κ3) is 5.33. The van der Waals surface area contributed by atoms with Gasteiger partial charge in [0.25, 0.3) is 5.88 Å². The van der Waals surface area contributed by atoms with E-state index in [4.69, 9.17) is 9.57 Å². The van der Waals surface area contributed by atoms with E-state index in [-0.39, 0.29) is 6.10 Å². The highest BCUT2D eigenvalue weighted by molar-refractivity contribution is 5.83. The van der Waals surface area contributed by atoms with Gasteiger partial charge in [-0.2, -0.15) is 4.98 Å². The molecule has 3 aromatic rings. The van der Waals surface area contributed by atoms with E-state index in [2.05, 4.69) is 36.9 Å². The molecule has 31 heavy (non-hydrogen) atoms. The van der Waals surface area contributed by atoms with Crippen molar-refractivity contribution in [3.63, 3.8) is 0 Å². The standard InChI is InChI=1S/C23H26N6O2/c1-3-18-13-25-23(26-14-18)29-10-8-20(9-11-29)30-21-7-5-4-6-19(21)15-28-31-22-17(2)12-24-16-27-22/h4-7,12-16,20H,3,8-11H2,1-2H3. The number of benzene rings is 1. The van der Waals surface area contributed by atoms with Gasteiger partial charge >= 0.3 is 0 Å². The van der Waals surface area contributed by atoms with Crippen LogP contribution in [0.2, 0.25) is 0 Å². The lowest BCUT2D eigenvalue weighted by Crippen LogP contribution is -2.39. The van der Waals surface area contributed by atoms with Crippen LogP contribution in [0.15, 0.2) is 54.3 Å². The highest BCUT2D eigenvalue weighted by Crippen LogP contribution is 2.23.